The lowest BCUT2D eigenvalue weighted by Gasteiger charge is -2.41. The third-order valence-corrected chi connectivity index (χ3v) is 5.14. The second kappa shape index (κ2) is 6.17. The van der Waals surface area contributed by atoms with Gasteiger partial charge in [-0.1, -0.05) is 23.4 Å². The van der Waals surface area contributed by atoms with E-state index >= 15 is 0 Å². The van der Waals surface area contributed by atoms with Crippen LogP contribution in [0.25, 0.3) is 0 Å². The molecule has 3 heterocycles. The quantitative estimate of drug-likeness (QED) is 0.836. The number of nitrogens with zero attached hydrogens (tertiary/aromatic N) is 3. The third kappa shape index (κ3) is 3.01. The smallest absolute Gasteiger partial charge is 0.231 e. The first-order chi connectivity index (χ1) is 12.1. The van der Waals surface area contributed by atoms with Crippen LogP contribution in [0.4, 0.5) is 0 Å². The van der Waals surface area contributed by atoms with E-state index in [1.54, 1.807) is 0 Å². The number of hydrogen-bond donors (Lipinski definition) is 0. The molecule has 2 atom stereocenters. The Morgan fingerprint density at radius 2 is 2.12 bits per heavy atom. The fourth-order valence-corrected chi connectivity index (χ4v) is 4.01. The Bertz CT molecular complexity index is 757. The Morgan fingerprint density at radius 1 is 1.28 bits per heavy atom. The molecule has 1 saturated heterocycles. The summed E-state index contributed by atoms with van der Waals surface area (Å²) in [6.07, 6.45) is 4.95. The minimum atomic E-state index is -0.369. The number of likely N-dealkylation sites (tertiary alicyclic amines) is 1. The normalized spacial score (nSPS) is 25.1. The van der Waals surface area contributed by atoms with Crippen LogP contribution in [0.5, 0.6) is 5.75 Å². The van der Waals surface area contributed by atoms with Gasteiger partial charge in [-0.2, -0.15) is 4.98 Å². The molecule has 2 unspecified atom stereocenters. The van der Waals surface area contributed by atoms with Crippen LogP contribution in [0.1, 0.15) is 62.9 Å². The highest BCUT2D eigenvalue weighted by molar-refractivity contribution is 5.85. The Morgan fingerprint density at radius 3 is 2.92 bits per heavy atom. The fourth-order valence-electron chi connectivity index (χ4n) is 4.01. The number of hydrogen-bond acceptors (Lipinski definition) is 5. The lowest BCUT2D eigenvalue weighted by atomic mass is 9.82. The van der Waals surface area contributed by atoms with Crippen LogP contribution < -0.4 is 4.74 Å². The molecule has 6 nitrogen and oxygen atoms in total. The first kappa shape index (κ1) is 16.1. The summed E-state index contributed by atoms with van der Waals surface area (Å²) in [5, 5.41) is 3.99. The van der Waals surface area contributed by atoms with E-state index in [0.717, 1.165) is 37.1 Å². The Balaban J connectivity index is 1.67. The summed E-state index contributed by atoms with van der Waals surface area (Å²) in [6.45, 7) is 4.81. The monoisotopic (exact) mass is 341 g/mol. The number of para-hydroxylation sites is 1. The van der Waals surface area contributed by atoms with E-state index in [1.807, 2.05) is 43.0 Å². The molecule has 132 valence electrons. The molecule has 2 aliphatic heterocycles. The Labute approximate surface area is 147 Å². The van der Waals surface area contributed by atoms with E-state index in [1.165, 1.54) is 6.39 Å². The summed E-state index contributed by atoms with van der Waals surface area (Å²) < 4.78 is 11.0. The summed E-state index contributed by atoms with van der Waals surface area (Å²) in [4.78, 5) is 19.6. The Hall–Kier alpha value is -2.37. The zero-order valence-corrected chi connectivity index (χ0v) is 14.6. The zero-order chi connectivity index (χ0) is 17.4. The number of carbonyl (C=O) groups is 1. The van der Waals surface area contributed by atoms with Crippen molar-refractivity contribution in [1.82, 2.24) is 15.0 Å². The molecular formula is C19H23N3O3. The van der Waals surface area contributed by atoms with Crippen molar-refractivity contribution in [3.05, 3.63) is 42.0 Å². The maximum atomic E-state index is 13.5. The van der Waals surface area contributed by atoms with Gasteiger partial charge in [-0.3, -0.25) is 4.79 Å². The molecule has 0 radical (unpaired) electrons. The third-order valence-electron chi connectivity index (χ3n) is 5.14. The maximum absolute atomic E-state index is 13.5. The molecule has 0 N–H and O–H groups in total. The molecule has 0 aliphatic carbocycles. The van der Waals surface area contributed by atoms with Crippen LogP contribution >= 0.6 is 0 Å². The van der Waals surface area contributed by atoms with Crippen molar-refractivity contribution in [3.8, 4) is 5.75 Å². The van der Waals surface area contributed by atoms with Gasteiger partial charge in [-0.15, -0.1) is 0 Å². The molecule has 6 heteroatoms. The van der Waals surface area contributed by atoms with Gasteiger partial charge in [0.15, 0.2) is 5.82 Å². The fraction of sp³-hybridized carbons (Fsp3) is 0.526. The van der Waals surface area contributed by atoms with Crippen LogP contribution in [0.3, 0.4) is 0 Å². The molecule has 4 rings (SSSR count). The first-order valence-electron chi connectivity index (χ1n) is 8.90. The van der Waals surface area contributed by atoms with E-state index in [-0.39, 0.29) is 23.5 Å². The minimum absolute atomic E-state index is 0.0990. The van der Waals surface area contributed by atoms with Crippen LogP contribution in [-0.2, 0) is 4.79 Å². The predicted octanol–water partition coefficient (Wildman–Crippen LogP) is 3.47. The molecule has 1 amide bonds. The number of benzene rings is 1. The second-order valence-electron chi connectivity index (χ2n) is 7.49. The average molecular weight is 341 g/mol. The van der Waals surface area contributed by atoms with Crippen LogP contribution in [0, 0.1) is 0 Å². The van der Waals surface area contributed by atoms with E-state index in [9.17, 15) is 4.79 Å². The lowest BCUT2D eigenvalue weighted by molar-refractivity contribution is -0.139. The van der Waals surface area contributed by atoms with E-state index in [0.29, 0.717) is 12.2 Å². The molecule has 0 spiro atoms. The van der Waals surface area contributed by atoms with Gasteiger partial charge in [0.05, 0.1) is 12.0 Å². The van der Waals surface area contributed by atoms with E-state index < -0.39 is 0 Å². The maximum Gasteiger partial charge on any atom is 0.231 e. The highest BCUT2D eigenvalue weighted by atomic mass is 16.5. The van der Waals surface area contributed by atoms with Crippen molar-refractivity contribution >= 4 is 5.91 Å². The first-order valence-corrected chi connectivity index (χ1v) is 8.90. The van der Waals surface area contributed by atoms with Crippen LogP contribution in [0.2, 0.25) is 0 Å². The topological polar surface area (TPSA) is 68.5 Å². The van der Waals surface area contributed by atoms with Gasteiger partial charge in [-0.25, -0.2) is 0 Å². The lowest BCUT2D eigenvalue weighted by Crippen LogP contribution is -2.45. The molecular weight excluding hydrogens is 318 g/mol. The molecule has 25 heavy (non-hydrogen) atoms. The summed E-state index contributed by atoms with van der Waals surface area (Å²) in [6, 6.07) is 7.76. The zero-order valence-electron chi connectivity index (χ0n) is 14.6. The van der Waals surface area contributed by atoms with Crippen molar-refractivity contribution in [1.29, 1.82) is 0 Å². The molecule has 1 aromatic heterocycles. The predicted molar refractivity (Wildman–Crippen MR) is 91.1 cm³/mol. The van der Waals surface area contributed by atoms with Crippen LogP contribution in [0.15, 0.2) is 35.2 Å². The van der Waals surface area contributed by atoms with Crippen molar-refractivity contribution in [2.75, 3.05) is 6.54 Å². The number of ether oxygens (including phenoxy) is 1. The molecule has 1 fully saturated rings. The number of fused-ring (bicyclic) bond motifs is 1. The van der Waals surface area contributed by atoms with Gasteiger partial charge < -0.3 is 14.2 Å². The number of aromatic nitrogens is 2. The van der Waals surface area contributed by atoms with Crippen molar-refractivity contribution in [2.45, 2.75) is 57.1 Å². The van der Waals surface area contributed by atoms with Gasteiger partial charge >= 0.3 is 0 Å². The van der Waals surface area contributed by atoms with Crippen molar-refractivity contribution in [2.24, 2.45) is 0 Å². The Kier molecular flexibility index (Phi) is 3.98. The molecule has 1 aromatic carbocycles. The number of piperidine rings is 1. The molecule has 0 bridgehead atoms. The SMILES string of the molecule is CC1(C)CC(C(=O)N2CCCCC2c2ncon2)c2ccccc2O1. The van der Waals surface area contributed by atoms with Crippen LogP contribution in [-0.4, -0.2) is 33.1 Å². The average Bonchev–Trinajstić information content (AvgIpc) is 3.14. The standard InChI is InChI=1S/C19H23N3O3/c1-19(2)11-14(13-7-3-4-9-16(13)25-19)18(23)22-10-6-5-8-15(22)17-20-12-24-21-17/h3-4,7,9,12,14-15H,5-6,8,10-11H2,1-2H3. The minimum Gasteiger partial charge on any atom is -0.488 e. The highest BCUT2D eigenvalue weighted by Gasteiger charge is 2.41. The van der Waals surface area contributed by atoms with E-state index in [4.69, 9.17) is 9.26 Å². The van der Waals surface area contributed by atoms with Gasteiger partial charge in [0.25, 0.3) is 0 Å². The summed E-state index contributed by atoms with van der Waals surface area (Å²) in [5.74, 6) is 1.35. The largest absolute Gasteiger partial charge is 0.488 e. The highest BCUT2D eigenvalue weighted by Crippen LogP contribution is 2.43. The van der Waals surface area contributed by atoms with Gasteiger partial charge in [0.2, 0.25) is 12.3 Å². The summed E-state index contributed by atoms with van der Waals surface area (Å²) >= 11 is 0. The number of carbonyl (C=O) groups excluding carboxylic acids is 1. The summed E-state index contributed by atoms with van der Waals surface area (Å²) in [5.41, 5.74) is 0.607. The van der Waals surface area contributed by atoms with Crippen molar-refractivity contribution < 1.29 is 14.1 Å². The van der Waals surface area contributed by atoms with Gasteiger partial charge in [-0.05, 0) is 39.2 Å². The molecule has 2 aromatic rings. The van der Waals surface area contributed by atoms with Crippen molar-refractivity contribution in [3.63, 3.8) is 0 Å². The van der Waals surface area contributed by atoms with Gasteiger partial charge in [0.1, 0.15) is 11.4 Å². The summed E-state index contributed by atoms with van der Waals surface area (Å²) in [7, 11) is 0. The number of amides is 1. The van der Waals surface area contributed by atoms with Gasteiger partial charge in [0, 0.05) is 18.5 Å². The second-order valence-corrected chi connectivity index (χ2v) is 7.49. The molecule has 2 aliphatic rings. The van der Waals surface area contributed by atoms with E-state index in [2.05, 4.69) is 10.1 Å². The number of rotatable bonds is 2. The molecule has 0 saturated carbocycles.